The Labute approximate surface area is 120 Å². The summed E-state index contributed by atoms with van der Waals surface area (Å²) < 4.78 is 30.9. The van der Waals surface area contributed by atoms with Crippen LogP contribution in [0, 0.1) is 0 Å². The van der Waals surface area contributed by atoms with Crippen LogP contribution in [-0.2, 0) is 4.74 Å². The van der Waals surface area contributed by atoms with Gasteiger partial charge in [-0.2, -0.15) is 0 Å². The molecule has 1 fully saturated rings. The van der Waals surface area contributed by atoms with Crippen molar-refractivity contribution in [3.63, 3.8) is 0 Å². The molecule has 0 amide bonds. The van der Waals surface area contributed by atoms with Crippen LogP contribution in [0.4, 0.5) is 14.5 Å². The first kappa shape index (κ1) is 13.7. The zero-order valence-corrected chi connectivity index (χ0v) is 11.5. The third-order valence-electron chi connectivity index (χ3n) is 3.68. The molecule has 0 N–H and O–H groups in total. The molecule has 1 aromatic heterocycles. The molecule has 0 atom stereocenters. The minimum atomic E-state index is -1.75. The monoisotopic (exact) mass is 292 g/mol. The van der Waals surface area contributed by atoms with E-state index in [1.807, 2.05) is 0 Å². The predicted octanol–water partition coefficient (Wildman–Crippen LogP) is 2.52. The first-order valence-electron chi connectivity index (χ1n) is 6.53. The van der Waals surface area contributed by atoms with Crippen molar-refractivity contribution >= 4 is 22.6 Å². The van der Waals surface area contributed by atoms with Gasteiger partial charge in [0.05, 0.1) is 31.3 Å². The van der Waals surface area contributed by atoms with Gasteiger partial charge in [-0.25, -0.2) is 13.6 Å². The van der Waals surface area contributed by atoms with E-state index >= 15 is 0 Å². The summed E-state index contributed by atoms with van der Waals surface area (Å²) in [7, 11) is 1.31. The molecule has 0 saturated carbocycles. The number of benzene rings is 1. The highest BCUT2D eigenvalue weighted by atomic mass is 19.2. The van der Waals surface area contributed by atoms with E-state index in [2.05, 4.69) is 4.98 Å². The van der Waals surface area contributed by atoms with E-state index in [0.717, 1.165) is 5.69 Å². The number of halogens is 2. The summed E-state index contributed by atoms with van der Waals surface area (Å²) in [5.74, 6) is -0.452. The van der Waals surface area contributed by atoms with Crippen molar-refractivity contribution in [2.24, 2.45) is 0 Å². The van der Waals surface area contributed by atoms with Gasteiger partial charge in [0.15, 0.2) is 5.67 Å². The number of nitrogens with zero attached hydrogens (tertiary/aromatic N) is 2. The number of hydrogen-bond acceptors (Lipinski definition) is 4. The predicted molar refractivity (Wildman–Crippen MR) is 75.1 cm³/mol. The number of hydrogen-bond donors (Lipinski definition) is 0. The molecule has 1 aliphatic heterocycles. The first-order chi connectivity index (χ1) is 10.1. The molecule has 2 aromatic rings. The number of ether oxygens (including phenoxy) is 1. The van der Waals surface area contributed by atoms with E-state index in [1.54, 1.807) is 29.2 Å². The molecule has 21 heavy (non-hydrogen) atoms. The molecule has 6 heteroatoms. The fraction of sp³-hybridized carbons (Fsp3) is 0.333. The number of aromatic nitrogens is 1. The average molecular weight is 292 g/mol. The molecule has 110 valence electrons. The Morgan fingerprint density at radius 3 is 2.86 bits per heavy atom. The second-order valence-electron chi connectivity index (χ2n) is 5.19. The summed E-state index contributed by atoms with van der Waals surface area (Å²) in [5, 5.41) is 0.637. The molecule has 1 aliphatic rings. The lowest BCUT2D eigenvalue weighted by Crippen LogP contribution is -2.60. The van der Waals surface area contributed by atoms with E-state index in [-0.39, 0.29) is 13.1 Å². The Balaban J connectivity index is 1.98. The number of alkyl halides is 2. The van der Waals surface area contributed by atoms with E-state index < -0.39 is 18.3 Å². The lowest BCUT2D eigenvalue weighted by atomic mass is 9.96. The second kappa shape index (κ2) is 4.95. The summed E-state index contributed by atoms with van der Waals surface area (Å²) >= 11 is 0. The smallest absolute Gasteiger partial charge is 0.338 e. The highest BCUT2D eigenvalue weighted by Crippen LogP contribution is 2.33. The summed E-state index contributed by atoms with van der Waals surface area (Å²) in [6.45, 7) is -0.947. The lowest BCUT2D eigenvalue weighted by molar-refractivity contribution is 0.0603. The largest absolute Gasteiger partial charge is 0.465 e. The van der Waals surface area contributed by atoms with Gasteiger partial charge in [0.25, 0.3) is 0 Å². The van der Waals surface area contributed by atoms with Crippen molar-refractivity contribution < 1.29 is 18.3 Å². The number of fused-ring (bicyclic) bond motifs is 1. The van der Waals surface area contributed by atoms with Crippen molar-refractivity contribution in [1.29, 1.82) is 0 Å². The third-order valence-corrected chi connectivity index (χ3v) is 3.68. The van der Waals surface area contributed by atoms with Gasteiger partial charge in [-0.1, -0.05) is 0 Å². The normalized spacial score (nSPS) is 16.6. The maximum absolute atomic E-state index is 13.6. The number of anilines is 1. The van der Waals surface area contributed by atoms with Gasteiger partial charge in [-0.3, -0.25) is 4.98 Å². The van der Waals surface area contributed by atoms with Crippen LogP contribution in [0.2, 0.25) is 0 Å². The Bertz CT molecular complexity index is 699. The summed E-state index contributed by atoms with van der Waals surface area (Å²) in [6.07, 6.45) is 1.54. The molecule has 1 saturated heterocycles. The number of carbonyl (C=O) groups excluding carboxylic acids is 1. The van der Waals surface area contributed by atoms with Gasteiger partial charge in [0, 0.05) is 17.3 Å². The van der Waals surface area contributed by atoms with E-state index in [0.29, 0.717) is 16.5 Å². The van der Waals surface area contributed by atoms with E-state index in [4.69, 9.17) is 4.74 Å². The third kappa shape index (κ3) is 2.30. The lowest BCUT2D eigenvalue weighted by Gasteiger charge is -2.44. The van der Waals surface area contributed by atoms with Crippen molar-refractivity contribution in [3.05, 3.63) is 36.0 Å². The summed E-state index contributed by atoms with van der Waals surface area (Å²) in [6, 6.07) is 6.88. The molecule has 0 bridgehead atoms. The van der Waals surface area contributed by atoms with Gasteiger partial charge < -0.3 is 9.64 Å². The molecule has 2 heterocycles. The fourth-order valence-electron chi connectivity index (χ4n) is 2.52. The highest BCUT2D eigenvalue weighted by molar-refractivity contribution is 6.04. The van der Waals surface area contributed by atoms with E-state index in [1.165, 1.54) is 13.3 Å². The van der Waals surface area contributed by atoms with Crippen LogP contribution in [0.25, 0.3) is 10.9 Å². The summed E-state index contributed by atoms with van der Waals surface area (Å²) in [5.41, 5.74) is 0.0400. The van der Waals surface area contributed by atoms with Gasteiger partial charge in [0.1, 0.15) is 6.67 Å². The standard InChI is InChI=1S/C15H14F2N2O2/c1-21-14(20)11-4-5-18-13-3-2-10(6-12(11)13)19-8-15(17,7-16)9-19/h2-6H,7-9H2,1H3. The van der Waals surface area contributed by atoms with Crippen LogP contribution in [0.3, 0.4) is 0 Å². The Morgan fingerprint density at radius 2 is 2.19 bits per heavy atom. The minimum absolute atomic E-state index is 0.0167. The van der Waals surface area contributed by atoms with E-state index in [9.17, 15) is 13.6 Å². The van der Waals surface area contributed by atoms with Gasteiger partial charge >= 0.3 is 5.97 Å². The van der Waals surface area contributed by atoms with Crippen molar-refractivity contribution in [3.8, 4) is 0 Å². The number of methoxy groups -OCH3 is 1. The van der Waals surface area contributed by atoms with Crippen LogP contribution in [0.15, 0.2) is 30.5 Å². The molecule has 0 radical (unpaired) electrons. The zero-order valence-electron chi connectivity index (χ0n) is 11.5. The molecule has 3 rings (SSSR count). The molecule has 4 nitrogen and oxygen atoms in total. The molecule has 0 aliphatic carbocycles. The Kier molecular flexibility index (Phi) is 3.23. The first-order valence-corrected chi connectivity index (χ1v) is 6.53. The number of carbonyl (C=O) groups is 1. The maximum Gasteiger partial charge on any atom is 0.338 e. The highest BCUT2D eigenvalue weighted by Gasteiger charge is 2.43. The van der Waals surface area contributed by atoms with Crippen LogP contribution in [0.5, 0.6) is 0 Å². The average Bonchev–Trinajstić information content (AvgIpc) is 2.50. The quantitative estimate of drug-likeness (QED) is 0.815. The molecular weight excluding hydrogens is 278 g/mol. The topological polar surface area (TPSA) is 42.4 Å². The molecular formula is C15H14F2N2O2. The number of pyridine rings is 1. The number of esters is 1. The Hall–Kier alpha value is -2.24. The zero-order chi connectivity index (χ0) is 15.0. The maximum atomic E-state index is 13.6. The van der Waals surface area contributed by atoms with Gasteiger partial charge in [-0.05, 0) is 24.3 Å². The van der Waals surface area contributed by atoms with Crippen molar-refractivity contribution in [2.75, 3.05) is 31.8 Å². The van der Waals surface area contributed by atoms with Gasteiger partial charge in [-0.15, -0.1) is 0 Å². The Morgan fingerprint density at radius 1 is 1.43 bits per heavy atom. The van der Waals surface area contributed by atoms with Crippen LogP contribution in [0.1, 0.15) is 10.4 Å². The van der Waals surface area contributed by atoms with Crippen molar-refractivity contribution in [2.45, 2.75) is 5.67 Å². The SMILES string of the molecule is COC(=O)c1ccnc2ccc(N3CC(F)(CF)C3)cc12. The molecule has 0 unspecified atom stereocenters. The molecule has 1 aromatic carbocycles. The summed E-state index contributed by atoms with van der Waals surface area (Å²) in [4.78, 5) is 17.7. The van der Waals surface area contributed by atoms with Crippen LogP contribution in [-0.4, -0.2) is 43.5 Å². The second-order valence-corrected chi connectivity index (χ2v) is 5.19. The minimum Gasteiger partial charge on any atom is -0.465 e. The van der Waals surface area contributed by atoms with Crippen molar-refractivity contribution in [1.82, 2.24) is 4.98 Å². The fourth-order valence-corrected chi connectivity index (χ4v) is 2.52. The number of rotatable bonds is 3. The van der Waals surface area contributed by atoms with Gasteiger partial charge in [0.2, 0.25) is 0 Å². The molecule has 0 spiro atoms. The van der Waals surface area contributed by atoms with Crippen LogP contribution >= 0.6 is 0 Å². The van der Waals surface area contributed by atoms with Crippen LogP contribution < -0.4 is 4.90 Å².